The Bertz CT molecular complexity index is 784. The van der Waals surface area contributed by atoms with Crippen molar-refractivity contribution in [2.24, 2.45) is 5.92 Å². The van der Waals surface area contributed by atoms with Crippen LogP contribution in [0.2, 0.25) is 0 Å². The SMILES string of the molecule is COc1ccc(N2CC(C(=O)N(C)Cc3ccc(C)cc3)CC2=O)cc1. The van der Waals surface area contributed by atoms with E-state index < -0.39 is 0 Å². The third-order valence-electron chi connectivity index (χ3n) is 4.77. The van der Waals surface area contributed by atoms with E-state index in [0.717, 1.165) is 17.0 Å². The van der Waals surface area contributed by atoms with Gasteiger partial charge in [-0.25, -0.2) is 0 Å². The summed E-state index contributed by atoms with van der Waals surface area (Å²) >= 11 is 0. The van der Waals surface area contributed by atoms with Crippen molar-refractivity contribution < 1.29 is 14.3 Å². The minimum atomic E-state index is -0.306. The van der Waals surface area contributed by atoms with Crippen molar-refractivity contribution >= 4 is 17.5 Å². The molecule has 1 atom stereocenters. The maximum absolute atomic E-state index is 12.8. The van der Waals surface area contributed by atoms with E-state index in [0.29, 0.717) is 13.1 Å². The Kier molecular flexibility index (Phi) is 5.26. The Morgan fingerprint density at radius 2 is 1.81 bits per heavy atom. The number of anilines is 1. The van der Waals surface area contributed by atoms with Crippen molar-refractivity contribution in [1.82, 2.24) is 4.90 Å². The summed E-state index contributed by atoms with van der Waals surface area (Å²) in [5, 5.41) is 0. The van der Waals surface area contributed by atoms with Crippen LogP contribution in [0.25, 0.3) is 0 Å². The van der Waals surface area contributed by atoms with Gasteiger partial charge in [-0.05, 0) is 36.8 Å². The zero-order chi connectivity index (χ0) is 18.7. The number of ether oxygens (including phenoxy) is 1. The minimum absolute atomic E-state index is 0.00920. The van der Waals surface area contributed by atoms with Gasteiger partial charge in [-0.2, -0.15) is 0 Å². The predicted molar refractivity (Wildman–Crippen MR) is 101 cm³/mol. The second-order valence-electron chi connectivity index (χ2n) is 6.78. The van der Waals surface area contributed by atoms with Crippen molar-refractivity contribution in [3.8, 4) is 5.75 Å². The monoisotopic (exact) mass is 352 g/mol. The highest BCUT2D eigenvalue weighted by molar-refractivity contribution is 6.00. The van der Waals surface area contributed by atoms with Gasteiger partial charge >= 0.3 is 0 Å². The highest BCUT2D eigenvalue weighted by atomic mass is 16.5. The summed E-state index contributed by atoms with van der Waals surface area (Å²) in [7, 11) is 3.40. The van der Waals surface area contributed by atoms with Crippen LogP contribution in [0.3, 0.4) is 0 Å². The molecule has 0 radical (unpaired) electrons. The fraction of sp³-hybridized carbons (Fsp3) is 0.333. The number of hydrogen-bond donors (Lipinski definition) is 0. The molecule has 1 heterocycles. The molecule has 26 heavy (non-hydrogen) atoms. The van der Waals surface area contributed by atoms with Crippen LogP contribution >= 0.6 is 0 Å². The molecule has 0 bridgehead atoms. The van der Waals surface area contributed by atoms with Crippen LogP contribution in [-0.4, -0.2) is 37.4 Å². The molecule has 0 spiro atoms. The van der Waals surface area contributed by atoms with Crippen molar-refractivity contribution in [2.75, 3.05) is 25.6 Å². The summed E-state index contributed by atoms with van der Waals surface area (Å²) in [5.74, 6) is 0.429. The highest BCUT2D eigenvalue weighted by Gasteiger charge is 2.36. The van der Waals surface area contributed by atoms with Gasteiger partial charge in [0.1, 0.15) is 5.75 Å². The number of methoxy groups -OCH3 is 1. The van der Waals surface area contributed by atoms with Gasteiger partial charge in [-0.3, -0.25) is 9.59 Å². The van der Waals surface area contributed by atoms with Gasteiger partial charge in [0, 0.05) is 32.2 Å². The first-order chi connectivity index (χ1) is 12.5. The average molecular weight is 352 g/mol. The molecule has 3 rings (SSSR count). The summed E-state index contributed by atoms with van der Waals surface area (Å²) in [5.41, 5.74) is 3.08. The minimum Gasteiger partial charge on any atom is -0.497 e. The lowest BCUT2D eigenvalue weighted by Gasteiger charge is -2.22. The molecule has 2 aromatic carbocycles. The van der Waals surface area contributed by atoms with Crippen LogP contribution in [0, 0.1) is 12.8 Å². The number of aryl methyl sites for hydroxylation is 1. The van der Waals surface area contributed by atoms with E-state index >= 15 is 0 Å². The first-order valence-electron chi connectivity index (χ1n) is 8.73. The van der Waals surface area contributed by atoms with Crippen LogP contribution in [0.4, 0.5) is 5.69 Å². The zero-order valence-corrected chi connectivity index (χ0v) is 15.4. The van der Waals surface area contributed by atoms with Crippen LogP contribution in [-0.2, 0) is 16.1 Å². The molecule has 2 amide bonds. The van der Waals surface area contributed by atoms with Gasteiger partial charge < -0.3 is 14.5 Å². The van der Waals surface area contributed by atoms with Gasteiger partial charge in [0.05, 0.1) is 13.0 Å². The second-order valence-corrected chi connectivity index (χ2v) is 6.78. The largest absolute Gasteiger partial charge is 0.497 e. The lowest BCUT2D eigenvalue weighted by Crippen LogP contribution is -2.34. The Balaban J connectivity index is 1.64. The van der Waals surface area contributed by atoms with Gasteiger partial charge in [0.15, 0.2) is 0 Å². The number of carbonyl (C=O) groups excluding carboxylic acids is 2. The van der Waals surface area contributed by atoms with E-state index in [2.05, 4.69) is 0 Å². The van der Waals surface area contributed by atoms with Gasteiger partial charge in [0.2, 0.25) is 11.8 Å². The number of hydrogen-bond acceptors (Lipinski definition) is 3. The van der Waals surface area contributed by atoms with Crippen LogP contribution < -0.4 is 9.64 Å². The van der Waals surface area contributed by atoms with Gasteiger partial charge in [-0.1, -0.05) is 29.8 Å². The molecular weight excluding hydrogens is 328 g/mol. The standard InChI is InChI=1S/C21H24N2O3/c1-15-4-6-16(7-5-15)13-22(2)21(25)17-12-20(24)23(14-17)18-8-10-19(26-3)11-9-18/h4-11,17H,12-14H2,1-3H3. The maximum atomic E-state index is 12.8. The van der Waals surface area contributed by atoms with Crippen LogP contribution in [0.5, 0.6) is 5.75 Å². The zero-order valence-electron chi connectivity index (χ0n) is 15.4. The number of carbonyl (C=O) groups is 2. The molecule has 1 aliphatic heterocycles. The van der Waals surface area contributed by atoms with E-state index in [1.54, 1.807) is 24.0 Å². The van der Waals surface area contributed by atoms with Crippen molar-refractivity contribution in [2.45, 2.75) is 19.9 Å². The summed E-state index contributed by atoms with van der Waals surface area (Å²) < 4.78 is 5.15. The number of benzene rings is 2. The first-order valence-corrected chi connectivity index (χ1v) is 8.73. The molecule has 0 N–H and O–H groups in total. The summed E-state index contributed by atoms with van der Waals surface area (Å²) in [6.45, 7) is 3.01. The molecule has 0 aliphatic carbocycles. The third kappa shape index (κ3) is 3.87. The van der Waals surface area contributed by atoms with Gasteiger partial charge in [0.25, 0.3) is 0 Å². The molecule has 136 valence electrons. The van der Waals surface area contributed by atoms with E-state index in [9.17, 15) is 9.59 Å². The molecule has 1 unspecified atom stereocenters. The van der Waals surface area contributed by atoms with Crippen LogP contribution in [0.1, 0.15) is 17.5 Å². The second kappa shape index (κ2) is 7.60. The Morgan fingerprint density at radius 1 is 1.15 bits per heavy atom. The summed E-state index contributed by atoms with van der Waals surface area (Å²) in [6, 6.07) is 15.5. The Labute approximate surface area is 154 Å². The fourth-order valence-corrected chi connectivity index (χ4v) is 3.24. The van der Waals surface area contributed by atoms with E-state index in [-0.39, 0.29) is 24.2 Å². The van der Waals surface area contributed by atoms with Crippen molar-refractivity contribution in [1.29, 1.82) is 0 Å². The maximum Gasteiger partial charge on any atom is 0.228 e. The Hall–Kier alpha value is -2.82. The van der Waals surface area contributed by atoms with E-state index in [1.165, 1.54) is 5.56 Å². The summed E-state index contributed by atoms with van der Waals surface area (Å²) in [6.07, 6.45) is 0.253. The molecule has 5 nitrogen and oxygen atoms in total. The van der Waals surface area contributed by atoms with Crippen LogP contribution in [0.15, 0.2) is 48.5 Å². The highest BCUT2D eigenvalue weighted by Crippen LogP contribution is 2.28. The lowest BCUT2D eigenvalue weighted by molar-refractivity contribution is -0.135. The molecule has 2 aromatic rings. The van der Waals surface area contributed by atoms with Crippen molar-refractivity contribution in [3.05, 3.63) is 59.7 Å². The molecule has 5 heteroatoms. The lowest BCUT2D eigenvalue weighted by atomic mass is 10.1. The average Bonchev–Trinajstić information content (AvgIpc) is 3.04. The number of amides is 2. The molecule has 1 saturated heterocycles. The van der Waals surface area contributed by atoms with Crippen molar-refractivity contribution in [3.63, 3.8) is 0 Å². The summed E-state index contributed by atoms with van der Waals surface area (Å²) in [4.78, 5) is 28.5. The van der Waals surface area contributed by atoms with Gasteiger partial charge in [-0.15, -0.1) is 0 Å². The molecule has 0 saturated carbocycles. The molecule has 0 aromatic heterocycles. The molecule has 1 aliphatic rings. The first kappa shape index (κ1) is 18.0. The predicted octanol–water partition coefficient (Wildman–Crippen LogP) is 3.02. The van der Waals surface area contributed by atoms with E-state index in [1.807, 2.05) is 55.5 Å². The number of nitrogens with zero attached hydrogens (tertiary/aromatic N) is 2. The fourth-order valence-electron chi connectivity index (χ4n) is 3.24. The third-order valence-corrected chi connectivity index (χ3v) is 4.77. The number of rotatable bonds is 5. The Morgan fingerprint density at radius 3 is 2.42 bits per heavy atom. The van der Waals surface area contributed by atoms with E-state index in [4.69, 9.17) is 4.74 Å². The molecular formula is C21H24N2O3. The topological polar surface area (TPSA) is 49.9 Å². The quantitative estimate of drug-likeness (QED) is 0.831. The molecule has 1 fully saturated rings. The normalized spacial score (nSPS) is 16.7. The smallest absolute Gasteiger partial charge is 0.228 e.